The molecule has 9 heteroatoms. The zero-order valence-electron chi connectivity index (χ0n) is 17.4. The normalized spacial score (nSPS) is 16.2. The van der Waals surface area contributed by atoms with E-state index in [1.165, 1.54) is 13.2 Å². The Morgan fingerprint density at radius 1 is 1.32 bits per heavy atom. The van der Waals surface area contributed by atoms with Crippen LogP contribution in [0.25, 0.3) is 0 Å². The number of thiocarbonyl (C=S) groups is 1. The second-order valence-corrected chi connectivity index (χ2v) is 7.46. The van der Waals surface area contributed by atoms with Crippen molar-refractivity contribution in [1.82, 2.24) is 10.2 Å². The first-order chi connectivity index (χ1) is 14.8. The van der Waals surface area contributed by atoms with Crippen LogP contribution in [0, 0.1) is 10.1 Å². The molecule has 1 aliphatic rings. The topological polar surface area (TPSA) is 105 Å². The lowest BCUT2D eigenvalue weighted by Gasteiger charge is -2.37. The van der Waals surface area contributed by atoms with E-state index in [1.807, 2.05) is 11.8 Å². The molecule has 1 atom stereocenters. The number of phenols is 1. The van der Waals surface area contributed by atoms with Gasteiger partial charge in [-0.05, 0) is 31.6 Å². The molecule has 0 amide bonds. The molecule has 1 aliphatic heterocycles. The third kappa shape index (κ3) is 4.22. The van der Waals surface area contributed by atoms with Gasteiger partial charge in [-0.3, -0.25) is 14.9 Å². The van der Waals surface area contributed by atoms with Crippen molar-refractivity contribution in [1.29, 1.82) is 0 Å². The summed E-state index contributed by atoms with van der Waals surface area (Å²) < 4.78 is 5.03. The van der Waals surface area contributed by atoms with Gasteiger partial charge in [0, 0.05) is 23.4 Å². The first kappa shape index (κ1) is 22.2. The summed E-state index contributed by atoms with van der Waals surface area (Å²) in [5, 5.41) is 25.6. The molecule has 0 radical (unpaired) electrons. The van der Waals surface area contributed by atoms with Gasteiger partial charge < -0.3 is 20.1 Å². The maximum atomic E-state index is 13.5. The molecule has 0 spiro atoms. The Labute approximate surface area is 185 Å². The minimum Gasteiger partial charge on any atom is -0.504 e. The highest BCUT2D eigenvalue weighted by atomic mass is 32.1. The monoisotopic (exact) mass is 441 g/mol. The van der Waals surface area contributed by atoms with Gasteiger partial charge in [0.1, 0.15) is 0 Å². The zero-order chi connectivity index (χ0) is 22.7. The molecule has 2 aromatic carbocycles. The summed E-state index contributed by atoms with van der Waals surface area (Å²) in [5.74, 6) is -0.571. The van der Waals surface area contributed by atoms with Crippen molar-refractivity contribution in [2.75, 3.05) is 13.7 Å². The number of hydrogen-bond acceptors (Lipinski definition) is 6. The molecule has 0 aromatic heterocycles. The molecule has 0 saturated heterocycles. The summed E-state index contributed by atoms with van der Waals surface area (Å²) in [6.07, 6.45) is 0.792. The lowest BCUT2D eigenvalue weighted by atomic mass is 9.88. The minimum absolute atomic E-state index is 0.0296. The van der Waals surface area contributed by atoms with Crippen LogP contribution in [0.1, 0.15) is 42.2 Å². The number of aromatic hydroxyl groups is 1. The van der Waals surface area contributed by atoms with Gasteiger partial charge in [-0.2, -0.15) is 0 Å². The van der Waals surface area contributed by atoms with Crippen LogP contribution in [0.3, 0.4) is 0 Å². The summed E-state index contributed by atoms with van der Waals surface area (Å²) in [4.78, 5) is 26.6. The Hall–Kier alpha value is -3.46. The summed E-state index contributed by atoms with van der Waals surface area (Å²) in [5.41, 5.74) is 1.24. The Bertz CT molecular complexity index is 1070. The van der Waals surface area contributed by atoms with Crippen molar-refractivity contribution < 1.29 is 19.6 Å². The fourth-order valence-corrected chi connectivity index (χ4v) is 4.02. The van der Waals surface area contributed by atoms with Gasteiger partial charge in [-0.15, -0.1) is 0 Å². The van der Waals surface area contributed by atoms with Crippen molar-refractivity contribution >= 4 is 28.8 Å². The molecule has 0 bridgehead atoms. The Morgan fingerprint density at radius 2 is 2.00 bits per heavy atom. The molecule has 3 rings (SSSR count). The maximum Gasteiger partial charge on any atom is 0.279 e. The van der Waals surface area contributed by atoms with Crippen LogP contribution in [0.2, 0.25) is 0 Å². The fraction of sp³-hybridized carbons (Fsp3) is 0.273. The average Bonchev–Trinajstić information content (AvgIpc) is 2.76. The van der Waals surface area contributed by atoms with Crippen molar-refractivity contribution in [3.63, 3.8) is 0 Å². The summed E-state index contributed by atoms with van der Waals surface area (Å²) in [6.45, 7) is 4.36. The van der Waals surface area contributed by atoms with Crippen molar-refractivity contribution in [3.05, 3.63) is 75.0 Å². The van der Waals surface area contributed by atoms with Crippen LogP contribution in [0.15, 0.2) is 53.7 Å². The van der Waals surface area contributed by atoms with Crippen molar-refractivity contribution in [3.8, 4) is 11.5 Å². The fourth-order valence-electron chi connectivity index (χ4n) is 3.67. The van der Waals surface area contributed by atoms with Crippen LogP contribution >= 0.6 is 12.2 Å². The van der Waals surface area contributed by atoms with Crippen LogP contribution in [0.5, 0.6) is 11.5 Å². The number of nitro groups is 1. The van der Waals surface area contributed by atoms with E-state index in [-0.39, 0.29) is 28.5 Å². The van der Waals surface area contributed by atoms with Crippen molar-refractivity contribution in [2.45, 2.75) is 26.3 Å². The van der Waals surface area contributed by atoms with Crippen molar-refractivity contribution in [2.24, 2.45) is 0 Å². The quantitative estimate of drug-likeness (QED) is 0.286. The minimum atomic E-state index is -0.912. The molecular formula is C22H23N3O5S. The zero-order valence-corrected chi connectivity index (χ0v) is 18.2. The van der Waals surface area contributed by atoms with Crippen LogP contribution < -0.4 is 10.1 Å². The van der Waals surface area contributed by atoms with E-state index in [0.29, 0.717) is 28.5 Å². The van der Waals surface area contributed by atoms with Gasteiger partial charge in [0.2, 0.25) is 0 Å². The number of hydrogen-bond donors (Lipinski definition) is 2. The molecule has 2 aromatic rings. The van der Waals surface area contributed by atoms with Gasteiger partial charge in [0.25, 0.3) is 5.69 Å². The number of benzene rings is 2. The number of allylic oxidation sites excluding steroid dienone is 1. The second kappa shape index (κ2) is 9.13. The number of carbonyl (C=O) groups is 1. The van der Waals surface area contributed by atoms with Gasteiger partial charge in [-0.25, -0.2) is 0 Å². The largest absolute Gasteiger partial charge is 0.504 e. The molecule has 0 saturated carbocycles. The number of Topliss-reactive ketones (excluding diaryl/α,β-unsaturated/α-hetero) is 1. The van der Waals surface area contributed by atoms with Gasteiger partial charge >= 0.3 is 0 Å². The predicted octanol–water partition coefficient (Wildman–Crippen LogP) is 4.11. The standard InChI is InChI=1S/C22H23N3O5S/c1-4-10-24-13(2)19(21(27)14-8-6-5-7-9-14)20(23-22(24)31)15-11-17(26)18(30-3)12-16(15)25(28)29/h5-9,11-12,20,26H,4,10H2,1-3H3,(H,23,31). The lowest BCUT2D eigenvalue weighted by Crippen LogP contribution is -2.48. The van der Waals surface area contributed by atoms with E-state index >= 15 is 0 Å². The van der Waals surface area contributed by atoms with E-state index in [0.717, 1.165) is 12.5 Å². The van der Waals surface area contributed by atoms with E-state index in [2.05, 4.69) is 5.32 Å². The Balaban J connectivity index is 2.25. The molecule has 162 valence electrons. The van der Waals surface area contributed by atoms with E-state index in [9.17, 15) is 20.0 Å². The first-order valence-electron chi connectivity index (χ1n) is 9.73. The molecule has 2 N–H and O–H groups in total. The highest BCUT2D eigenvalue weighted by Crippen LogP contribution is 2.41. The van der Waals surface area contributed by atoms with Crippen LogP contribution in [0.4, 0.5) is 5.69 Å². The molecule has 0 aliphatic carbocycles. The number of nitrogens with zero attached hydrogens (tertiary/aromatic N) is 2. The summed E-state index contributed by atoms with van der Waals surface area (Å²) in [6, 6.07) is 10.2. The highest BCUT2D eigenvalue weighted by Gasteiger charge is 2.37. The number of phenolic OH excluding ortho intramolecular Hbond substituents is 1. The smallest absolute Gasteiger partial charge is 0.279 e. The number of rotatable bonds is 7. The molecule has 1 heterocycles. The Kier molecular flexibility index (Phi) is 6.55. The SMILES string of the molecule is CCCN1C(=S)NC(c2cc(O)c(OC)cc2[N+](=O)[O-])C(C(=O)c2ccccc2)=C1C. The summed E-state index contributed by atoms with van der Waals surface area (Å²) in [7, 11) is 1.31. The predicted molar refractivity (Wildman–Crippen MR) is 120 cm³/mol. The van der Waals surface area contributed by atoms with E-state index in [4.69, 9.17) is 17.0 Å². The number of carbonyl (C=O) groups excluding carboxylic acids is 1. The maximum absolute atomic E-state index is 13.5. The second-order valence-electron chi connectivity index (χ2n) is 7.07. The Morgan fingerprint density at radius 3 is 2.58 bits per heavy atom. The number of nitrogens with one attached hydrogen (secondary N) is 1. The van der Waals surface area contributed by atoms with Gasteiger partial charge in [-0.1, -0.05) is 37.3 Å². The summed E-state index contributed by atoms with van der Waals surface area (Å²) >= 11 is 5.51. The number of ketones is 1. The average molecular weight is 442 g/mol. The third-order valence-corrected chi connectivity index (χ3v) is 5.50. The van der Waals surface area contributed by atoms with Crippen LogP contribution in [-0.4, -0.2) is 39.5 Å². The lowest BCUT2D eigenvalue weighted by molar-refractivity contribution is -0.385. The van der Waals surface area contributed by atoms with Gasteiger partial charge in [0.05, 0.1) is 29.7 Å². The van der Waals surface area contributed by atoms with E-state index in [1.54, 1.807) is 37.3 Å². The highest BCUT2D eigenvalue weighted by molar-refractivity contribution is 7.80. The molecule has 8 nitrogen and oxygen atoms in total. The molecular weight excluding hydrogens is 418 g/mol. The van der Waals surface area contributed by atoms with Crippen LogP contribution in [-0.2, 0) is 0 Å². The molecule has 0 fully saturated rings. The number of nitro benzene ring substituents is 1. The molecule has 1 unspecified atom stereocenters. The first-order valence-corrected chi connectivity index (χ1v) is 10.1. The third-order valence-electron chi connectivity index (χ3n) is 5.16. The molecule has 31 heavy (non-hydrogen) atoms. The number of ether oxygens (including phenoxy) is 1. The van der Waals surface area contributed by atoms with Gasteiger partial charge in [0.15, 0.2) is 22.4 Å². The number of methoxy groups -OCH3 is 1. The van der Waals surface area contributed by atoms with E-state index < -0.39 is 11.0 Å².